The molecule has 2 heterocycles. The molecule has 34 heavy (non-hydrogen) atoms. The molecule has 0 spiro atoms. The molecule has 2 N–H and O–H groups in total. The number of carbonyl (C=O) groups excluding carboxylic acids is 3. The summed E-state index contributed by atoms with van der Waals surface area (Å²) in [6.45, 7) is 9.73. The fourth-order valence-corrected chi connectivity index (χ4v) is 4.49. The highest BCUT2D eigenvalue weighted by atomic mass is 16.7. The van der Waals surface area contributed by atoms with E-state index in [9.17, 15) is 14.4 Å². The number of amides is 4. The Morgan fingerprint density at radius 1 is 1.06 bits per heavy atom. The Balaban J connectivity index is 1.49. The van der Waals surface area contributed by atoms with E-state index in [4.69, 9.17) is 9.47 Å². The third-order valence-electron chi connectivity index (χ3n) is 6.28. The lowest BCUT2D eigenvalue weighted by atomic mass is 9.92. The minimum Gasteiger partial charge on any atom is -0.454 e. The van der Waals surface area contributed by atoms with E-state index >= 15 is 0 Å². The van der Waals surface area contributed by atoms with Gasteiger partial charge in [-0.2, -0.15) is 0 Å². The zero-order chi connectivity index (χ0) is 24.6. The van der Waals surface area contributed by atoms with Crippen molar-refractivity contribution >= 4 is 23.5 Å². The van der Waals surface area contributed by atoms with Crippen LogP contribution in [0.4, 0.5) is 10.5 Å². The van der Waals surface area contributed by atoms with Crippen LogP contribution in [0.1, 0.15) is 63.1 Å². The molecule has 0 bridgehead atoms. The molecule has 1 fully saturated rings. The Kier molecular flexibility index (Phi) is 6.25. The van der Waals surface area contributed by atoms with E-state index in [0.29, 0.717) is 11.5 Å². The van der Waals surface area contributed by atoms with E-state index in [1.165, 1.54) is 0 Å². The maximum atomic E-state index is 13.2. The van der Waals surface area contributed by atoms with Crippen LogP contribution in [0.3, 0.4) is 0 Å². The van der Waals surface area contributed by atoms with Crippen molar-refractivity contribution in [3.63, 3.8) is 0 Å². The first kappa shape index (κ1) is 23.6. The van der Waals surface area contributed by atoms with Crippen molar-refractivity contribution in [2.75, 3.05) is 18.7 Å². The number of para-hydroxylation sites is 1. The molecule has 4 amide bonds. The van der Waals surface area contributed by atoms with Crippen molar-refractivity contribution in [1.82, 2.24) is 10.2 Å². The molecule has 2 aliphatic heterocycles. The number of imide groups is 1. The third-order valence-corrected chi connectivity index (χ3v) is 6.28. The molecule has 180 valence electrons. The van der Waals surface area contributed by atoms with Crippen LogP contribution < -0.4 is 20.1 Å². The van der Waals surface area contributed by atoms with Gasteiger partial charge in [-0.1, -0.05) is 52.0 Å². The van der Waals surface area contributed by atoms with Crippen LogP contribution in [0.15, 0.2) is 36.4 Å². The molecule has 0 saturated carbocycles. The van der Waals surface area contributed by atoms with E-state index in [1.807, 2.05) is 24.3 Å². The Bertz CT molecular complexity index is 1120. The fraction of sp³-hybridized carbons (Fsp3) is 0.423. The largest absolute Gasteiger partial charge is 0.454 e. The van der Waals surface area contributed by atoms with Crippen molar-refractivity contribution in [1.29, 1.82) is 0 Å². The predicted molar refractivity (Wildman–Crippen MR) is 128 cm³/mol. The highest BCUT2D eigenvalue weighted by molar-refractivity contribution is 6.10. The van der Waals surface area contributed by atoms with Crippen molar-refractivity contribution in [3.8, 4) is 11.5 Å². The van der Waals surface area contributed by atoms with Gasteiger partial charge in [0.2, 0.25) is 12.7 Å². The molecule has 0 aliphatic carbocycles. The van der Waals surface area contributed by atoms with Gasteiger partial charge in [0.05, 0.1) is 0 Å². The molecule has 2 aliphatic rings. The first-order valence-corrected chi connectivity index (χ1v) is 11.5. The standard InChI is InChI=1S/C26H31N3O5/c1-15(2)18-7-6-8-19(16(3)4)23(18)27-22(30)13-29-24(31)26(5,28-25(29)32)12-17-9-10-20-21(11-17)34-14-33-20/h6-11,15-16H,12-14H2,1-5H3,(H,27,30)(H,28,32). The second kappa shape index (κ2) is 9.00. The molecule has 1 unspecified atom stereocenters. The quantitative estimate of drug-likeness (QED) is 0.599. The van der Waals surface area contributed by atoms with Crippen LogP contribution in [-0.2, 0) is 16.0 Å². The van der Waals surface area contributed by atoms with Crippen molar-refractivity contribution < 1.29 is 23.9 Å². The third kappa shape index (κ3) is 4.44. The number of hydrogen-bond acceptors (Lipinski definition) is 5. The smallest absolute Gasteiger partial charge is 0.325 e. The topological polar surface area (TPSA) is 97.0 Å². The lowest BCUT2D eigenvalue weighted by Gasteiger charge is -2.23. The summed E-state index contributed by atoms with van der Waals surface area (Å²) >= 11 is 0. The molecule has 0 aromatic heterocycles. The van der Waals surface area contributed by atoms with Gasteiger partial charge in [-0.15, -0.1) is 0 Å². The van der Waals surface area contributed by atoms with Gasteiger partial charge >= 0.3 is 6.03 Å². The Morgan fingerprint density at radius 3 is 2.35 bits per heavy atom. The molecule has 0 radical (unpaired) electrons. The summed E-state index contributed by atoms with van der Waals surface area (Å²) in [5.41, 5.74) is 2.45. The lowest BCUT2D eigenvalue weighted by molar-refractivity contribution is -0.133. The number of benzene rings is 2. The van der Waals surface area contributed by atoms with Crippen LogP contribution in [0, 0.1) is 0 Å². The monoisotopic (exact) mass is 465 g/mol. The van der Waals surface area contributed by atoms with Gasteiger partial charge in [0.1, 0.15) is 12.1 Å². The summed E-state index contributed by atoms with van der Waals surface area (Å²) in [7, 11) is 0. The SMILES string of the molecule is CC(C)c1cccc(C(C)C)c1NC(=O)CN1C(=O)NC(C)(Cc2ccc3c(c2)OCO3)C1=O. The maximum absolute atomic E-state index is 13.2. The molecular formula is C26H31N3O5. The number of nitrogens with zero attached hydrogens (tertiary/aromatic N) is 1. The van der Waals surface area contributed by atoms with E-state index in [2.05, 4.69) is 38.3 Å². The molecule has 2 aromatic carbocycles. The van der Waals surface area contributed by atoms with Crippen molar-refractivity contribution in [2.45, 2.75) is 58.4 Å². The molecule has 1 saturated heterocycles. The normalized spacial score (nSPS) is 19.2. The number of rotatable bonds is 7. The summed E-state index contributed by atoms with van der Waals surface area (Å²) < 4.78 is 10.7. The number of ether oxygens (including phenoxy) is 2. The number of fused-ring (bicyclic) bond motifs is 1. The second-order valence-electron chi connectivity index (χ2n) is 9.69. The van der Waals surface area contributed by atoms with Gasteiger partial charge in [-0.25, -0.2) is 4.79 Å². The zero-order valence-electron chi connectivity index (χ0n) is 20.2. The van der Waals surface area contributed by atoms with Crippen LogP contribution in [0.25, 0.3) is 0 Å². The highest BCUT2D eigenvalue weighted by Crippen LogP contribution is 2.35. The average Bonchev–Trinajstić information content (AvgIpc) is 3.31. The van der Waals surface area contributed by atoms with Gasteiger partial charge in [0, 0.05) is 12.1 Å². The first-order chi connectivity index (χ1) is 16.1. The van der Waals surface area contributed by atoms with E-state index in [-0.39, 0.29) is 31.6 Å². The number of anilines is 1. The van der Waals surface area contributed by atoms with E-state index < -0.39 is 23.4 Å². The summed E-state index contributed by atoms with van der Waals surface area (Å²) in [6.07, 6.45) is 0.264. The maximum Gasteiger partial charge on any atom is 0.325 e. The number of nitrogens with one attached hydrogen (secondary N) is 2. The fourth-order valence-electron chi connectivity index (χ4n) is 4.49. The summed E-state index contributed by atoms with van der Waals surface area (Å²) in [4.78, 5) is 39.9. The van der Waals surface area contributed by atoms with Crippen LogP contribution in [0.5, 0.6) is 11.5 Å². The second-order valence-corrected chi connectivity index (χ2v) is 9.69. The van der Waals surface area contributed by atoms with Crippen molar-refractivity contribution in [3.05, 3.63) is 53.1 Å². The van der Waals surface area contributed by atoms with Gasteiger partial charge in [-0.3, -0.25) is 14.5 Å². The first-order valence-electron chi connectivity index (χ1n) is 11.5. The van der Waals surface area contributed by atoms with Gasteiger partial charge in [0.15, 0.2) is 11.5 Å². The van der Waals surface area contributed by atoms with Crippen LogP contribution in [0.2, 0.25) is 0 Å². The molecule has 8 heteroatoms. The summed E-state index contributed by atoms with van der Waals surface area (Å²) in [5.74, 6) is 0.819. The van der Waals surface area contributed by atoms with Gasteiger partial charge in [0.25, 0.3) is 5.91 Å². The zero-order valence-corrected chi connectivity index (χ0v) is 20.2. The molecular weight excluding hydrogens is 434 g/mol. The highest BCUT2D eigenvalue weighted by Gasteiger charge is 2.48. The molecule has 2 aromatic rings. The summed E-state index contributed by atoms with van der Waals surface area (Å²) in [6, 6.07) is 10.8. The van der Waals surface area contributed by atoms with Crippen molar-refractivity contribution in [2.24, 2.45) is 0 Å². The lowest BCUT2D eigenvalue weighted by Crippen LogP contribution is -2.46. The number of hydrogen-bond donors (Lipinski definition) is 2. The van der Waals surface area contributed by atoms with Gasteiger partial charge in [-0.05, 0) is 47.6 Å². The number of urea groups is 1. The Labute approximate surface area is 199 Å². The molecule has 4 rings (SSSR count). The van der Waals surface area contributed by atoms with E-state index in [0.717, 1.165) is 27.3 Å². The molecule has 1 atom stereocenters. The van der Waals surface area contributed by atoms with Crippen LogP contribution in [-0.4, -0.2) is 41.6 Å². The van der Waals surface area contributed by atoms with Crippen LogP contribution >= 0.6 is 0 Å². The minimum absolute atomic E-state index is 0.160. The van der Waals surface area contributed by atoms with E-state index in [1.54, 1.807) is 19.1 Å². The Hall–Kier alpha value is -3.55. The predicted octanol–water partition coefficient (Wildman–Crippen LogP) is 4.15. The minimum atomic E-state index is -1.16. The van der Waals surface area contributed by atoms with Gasteiger partial charge < -0.3 is 20.1 Å². The number of carbonyl (C=O) groups is 3. The molecule has 8 nitrogen and oxygen atoms in total. The summed E-state index contributed by atoms with van der Waals surface area (Å²) in [5, 5.41) is 5.73. The average molecular weight is 466 g/mol. The Morgan fingerprint density at radius 2 is 1.71 bits per heavy atom.